The number of fused-ring (bicyclic) bond motifs is 1. The number of nitrogens with zero attached hydrogens (tertiary/aromatic N) is 2. The van der Waals surface area contributed by atoms with Crippen molar-refractivity contribution in [2.45, 2.75) is 47.5 Å². The summed E-state index contributed by atoms with van der Waals surface area (Å²) in [6.45, 7) is 9.63. The number of benzene rings is 1. The average Bonchev–Trinajstić information content (AvgIpc) is 2.65. The van der Waals surface area contributed by atoms with Crippen molar-refractivity contribution in [2.24, 2.45) is 10.5 Å². The maximum Gasteiger partial charge on any atom is 0.340 e. The van der Waals surface area contributed by atoms with Gasteiger partial charge in [-0.25, -0.2) is 10.2 Å². The molecule has 1 aromatic heterocycles. The van der Waals surface area contributed by atoms with Crippen molar-refractivity contribution in [1.29, 1.82) is 0 Å². The second-order valence-corrected chi connectivity index (χ2v) is 8.10. The molecular weight excluding hydrogens is 366 g/mol. The molecule has 0 spiro atoms. The molecule has 0 atom stereocenters. The van der Waals surface area contributed by atoms with E-state index < -0.39 is 5.97 Å². The molecule has 1 aromatic carbocycles. The molecule has 3 rings (SSSR count). The van der Waals surface area contributed by atoms with Crippen molar-refractivity contribution >= 4 is 17.6 Å². The van der Waals surface area contributed by atoms with Gasteiger partial charge in [-0.05, 0) is 37.7 Å². The molecule has 0 unspecified atom stereocenters. The molecule has 0 saturated carbocycles. The number of amides is 1. The fourth-order valence-electron chi connectivity index (χ4n) is 3.85. The van der Waals surface area contributed by atoms with Crippen LogP contribution in [-0.4, -0.2) is 29.2 Å². The molecule has 0 bridgehead atoms. The van der Waals surface area contributed by atoms with E-state index in [2.05, 4.69) is 24.4 Å². The van der Waals surface area contributed by atoms with Gasteiger partial charge in [0.2, 0.25) is 5.91 Å². The zero-order valence-corrected chi connectivity index (χ0v) is 17.6. The number of hydrogen-bond acceptors (Lipinski definition) is 5. The highest BCUT2D eigenvalue weighted by Crippen LogP contribution is 2.41. The predicted molar refractivity (Wildman–Crippen MR) is 113 cm³/mol. The molecule has 1 amide bonds. The van der Waals surface area contributed by atoms with Crippen LogP contribution in [0.4, 0.5) is 0 Å². The third-order valence-corrected chi connectivity index (χ3v) is 4.92. The van der Waals surface area contributed by atoms with E-state index >= 15 is 0 Å². The number of carbonyl (C=O) groups excluding carboxylic acids is 2. The molecule has 1 aliphatic carbocycles. The Kier molecular flexibility index (Phi) is 5.82. The van der Waals surface area contributed by atoms with Crippen molar-refractivity contribution in [3.05, 3.63) is 52.8 Å². The molecule has 2 aromatic rings. The number of ether oxygens (including phenoxy) is 1. The number of hydrogen-bond donors (Lipinski definition) is 1. The summed E-state index contributed by atoms with van der Waals surface area (Å²) in [5.41, 5.74) is 7.68. The average molecular weight is 393 g/mol. The van der Waals surface area contributed by atoms with E-state index in [9.17, 15) is 9.59 Å². The normalized spacial score (nSPS) is 16.2. The first-order chi connectivity index (χ1) is 13.7. The highest BCUT2D eigenvalue weighted by Gasteiger charge is 2.35. The first-order valence-electron chi connectivity index (χ1n) is 9.83. The Labute approximate surface area is 171 Å². The number of esters is 1. The second kappa shape index (κ2) is 8.15. The minimum absolute atomic E-state index is 0.0663. The molecule has 1 heterocycles. The Bertz CT molecular complexity index is 979. The second-order valence-electron chi connectivity index (χ2n) is 8.10. The summed E-state index contributed by atoms with van der Waals surface area (Å²) in [6, 6.07) is 9.73. The molecular formula is C23H27N3O3. The van der Waals surface area contributed by atoms with Gasteiger partial charge in [0.15, 0.2) is 0 Å². The van der Waals surface area contributed by atoms with Gasteiger partial charge in [-0.1, -0.05) is 44.2 Å². The summed E-state index contributed by atoms with van der Waals surface area (Å²) in [4.78, 5) is 29.2. The SMILES string of the molecule is CCOC(=O)c1c(C)nc2c(c1-c1ccccc1)/C(=N/NC(C)=O)CC(C)(C)C2. The zero-order valence-electron chi connectivity index (χ0n) is 17.6. The van der Waals surface area contributed by atoms with Crippen molar-refractivity contribution in [1.82, 2.24) is 10.4 Å². The maximum atomic E-state index is 12.9. The summed E-state index contributed by atoms with van der Waals surface area (Å²) in [7, 11) is 0. The van der Waals surface area contributed by atoms with Crippen LogP contribution >= 0.6 is 0 Å². The highest BCUT2D eigenvalue weighted by atomic mass is 16.5. The van der Waals surface area contributed by atoms with Crippen LogP contribution in [0.15, 0.2) is 35.4 Å². The van der Waals surface area contributed by atoms with Gasteiger partial charge in [0.1, 0.15) is 0 Å². The fourth-order valence-corrected chi connectivity index (χ4v) is 3.85. The fraction of sp³-hybridized carbons (Fsp3) is 0.391. The highest BCUT2D eigenvalue weighted by molar-refractivity contribution is 6.12. The Balaban J connectivity index is 2.36. The van der Waals surface area contributed by atoms with E-state index in [0.29, 0.717) is 17.7 Å². The van der Waals surface area contributed by atoms with E-state index in [1.165, 1.54) is 6.92 Å². The number of aryl methyl sites for hydroxylation is 1. The lowest BCUT2D eigenvalue weighted by Crippen LogP contribution is -2.32. The van der Waals surface area contributed by atoms with Crippen molar-refractivity contribution in [2.75, 3.05) is 6.61 Å². The Morgan fingerprint density at radius 2 is 1.86 bits per heavy atom. The molecule has 152 valence electrons. The monoisotopic (exact) mass is 393 g/mol. The van der Waals surface area contributed by atoms with Gasteiger partial charge in [0.05, 0.1) is 29.3 Å². The molecule has 0 fully saturated rings. The first kappa shape index (κ1) is 20.7. The van der Waals surface area contributed by atoms with Gasteiger partial charge in [0.25, 0.3) is 0 Å². The van der Waals surface area contributed by atoms with Gasteiger partial charge >= 0.3 is 5.97 Å². The Hall–Kier alpha value is -3.02. The standard InChI is InChI=1S/C23H27N3O3/c1-6-29-22(28)19-14(2)24-17-12-23(4,5)13-18(26-25-15(3)27)21(17)20(19)16-10-8-7-9-11-16/h7-11H,6,12-13H2,1-5H3,(H,25,27)/b26-18+. The Morgan fingerprint density at radius 1 is 1.17 bits per heavy atom. The topological polar surface area (TPSA) is 80.7 Å². The molecule has 6 nitrogen and oxygen atoms in total. The summed E-state index contributed by atoms with van der Waals surface area (Å²) in [5, 5.41) is 4.41. The molecule has 29 heavy (non-hydrogen) atoms. The zero-order chi connectivity index (χ0) is 21.2. The third kappa shape index (κ3) is 4.36. The molecule has 6 heteroatoms. The number of aromatic nitrogens is 1. The number of hydrazone groups is 1. The van der Waals surface area contributed by atoms with Crippen LogP contribution in [-0.2, 0) is 16.0 Å². The summed E-state index contributed by atoms with van der Waals surface area (Å²) in [6.07, 6.45) is 1.42. The van der Waals surface area contributed by atoms with Gasteiger partial charge in [-0.3, -0.25) is 9.78 Å². The van der Waals surface area contributed by atoms with E-state index in [4.69, 9.17) is 9.72 Å². The van der Waals surface area contributed by atoms with E-state index in [1.807, 2.05) is 37.3 Å². The van der Waals surface area contributed by atoms with Crippen LogP contribution < -0.4 is 5.43 Å². The predicted octanol–water partition coefficient (Wildman–Crippen LogP) is 4.05. The number of nitrogens with one attached hydrogen (secondary N) is 1. The van der Waals surface area contributed by atoms with Crippen molar-refractivity contribution < 1.29 is 14.3 Å². The lowest BCUT2D eigenvalue weighted by atomic mass is 9.72. The summed E-state index contributed by atoms with van der Waals surface area (Å²) in [5.74, 6) is -0.641. The lowest BCUT2D eigenvalue weighted by molar-refractivity contribution is -0.118. The van der Waals surface area contributed by atoms with Gasteiger partial charge in [-0.2, -0.15) is 5.10 Å². The molecule has 0 saturated heterocycles. The third-order valence-electron chi connectivity index (χ3n) is 4.92. The van der Waals surface area contributed by atoms with Crippen LogP contribution in [0.2, 0.25) is 0 Å². The Morgan fingerprint density at radius 3 is 2.48 bits per heavy atom. The lowest BCUT2D eigenvalue weighted by Gasteiger charge is -2.33. The van der Waals surface area contributed by atoms with E-state index in [-0.39, 0.29) is 17.9 Å². The summed E-state index contributed by atoms with van der Waals surface area (Å²) >= 11 is 0. The molecule has 1 aliphatic rings. The molecule has 1 N–H and O–H groups in total. The van der Waals surface area contributed by atoms with Gasteiger partial charge in [0, 0.05) is 18.1 Å². The molecule has 0 radical (unpaired) electrons. The first-order valence-corrected chi connectivity index (χ1v) is 9.83. The van der Waals surface area contributed by atoms with Crippen LogP contribution in [0.25, 0.3) is 11.1 Å². The summed E-state index contributed by atoms with van der Waals surface area (Å²) < 4.78 is 5.35. The molecule has 0 aliphatic heterocycles. The maximum absolute atomic E-state index is 12.9. The minimum atomic E-state index is -0.400. The van der Waals surface area contributed by atoms with E-state index in [0.717, 1.165) is 34.5 Å². The van der Waals surface area contributed by atoms with Crippen LogP contribution in [0, 0.1) is 12.3 Å². The largest absolute Gasteiger partial charge is 0.462 e. The van der Waals surface area contributed by atoms with Gasteiger partial charge < -0.3 is 4.74 Å². The quantitative estimate of drug-likeness (QED) is 0.628. The van der Waals surface area contributed by atoms with Crippen LogP contribution in [0.3, 0.4) is 0 Å². The minimum Gasteiger partial charge on any atom is -0.462 e. The van der Waals surface area contributed by atoms with Crippen molar-refractivity contribution in [3.8, 4) is 11.1 Å². The number of pyridine rings is 1. The van der Waals surface area contributed by atoms with E-state index in [1.54, 1.807) is 6.92 Å². The number of carbonyl (C=O) groups is 2. The van der Waals surface area contributed by atoms with Crippen molar-refractivity contribution in [3.63, 3.8) is 0 Å². The van der Waals surface area contributed by atoms with Gasteiger partial charge in [-0.15, -0.1) is 0 Å². The smallest absolute Gasteiger partial charge is 0.340 e. The number of rotatable bonds is 4. The van der Waals surface area contributed by atoms with Crippen LogP contribution in [0.1, 0.15) is 61.4 Å². The van der Waals surface area contributed by atoms with Crippen LogP contribution in [0.5, 0.6) is 0 Å².